The number of morpholine rings is 1. The maximum atomic E-state index is 13.1. The van der Waals surface area contributed by atoms with Crippen molar-refractivity contribution in [1.82, 2.24) is 14.9 Å². The van der Waals surface area contributed by atoms with Gasteiger partial charge in [0.1, 0.15) is 5.52 Å². The van der Waals surface area contributed by atoms with E-state index in [2.05, 4.69) is 10.2 Å². The lowest BCUT2D eigenvalue weighted by molar-refractivity contribution is -0.538. The van der Waals surface area contributed by atoms with E-state index >= 15 is 0 Å². The first-order valence-corrected chi connectivity index (χ1v) is 9.58. The number of para-hydroxylation sites is 1. The highest BCUT2D eigenvalue weighted by Crippen LogP contribution is 2.34. The first-order chi connectivity index (χ1) is 14.2. The van der Waals surface area contributed by atoms with E-state index in [9.17, 15) is 14.9 Å². The van der Waals surface area contributed by atoms with Gasteiger partial charge in [0, 0.05) is 37.1 Å². The molecule has 1 fully saturated rings. The average Bonchev–Trinajstić information content (AvgIpc) is 3.11. The number of hydrogen-bond donors (Lipinski definition) is 1. The number of rotatable bonds is 6. The molecule has 0 atom stereocenters. The van der Waals surface area contributed by atoms with E-state index in [4.69, 9.17) is 4.74 Å². The monoisotopic (exact) mass is 394 g/mol. The van der Waals surface area contributed by atoms with Gasteiger partial charge in [-0.2, -0.15) is 0 Å². The van der Waals surface area contributed by atoms with Crippen LogP contribution in [0.25, 0.3) is 22.0 Å². The molecule has 0 bridgehead atoms. The fourth-order valence-electron chi connectivity index (χ4n) is 3.74. The van der Waals surface area contributed by atoms with Gasteiger partial charge in [-0.25, -0.2) is 10.1 Å². The third-order valence-corrected chi connectivity index (χ3v) is 5.11. The molecule has 0 radical (unpaired) electrons. The largest absolute Gasteiger partial charge is 0.379 e. The van der Waals surface area contributed by atoms with Crippen LogP contribution in [0.3, 0.4) is 0 Å². The molecule has 0 unspecified atom stereocenters. The van der Waals surface area contributed by atoms with Gasteiger partial charge in [-0.1, -0.05) is 53.2 Å². The quantitative estimate of drug-likeness (QED) is 0.512. The van der Waals surface area contributed by atoms with Crippen LogP contribution in [0.1, 0.15) is 10.5 Å². The van der Waals surface area contributed by atoms with Crippen molar-refractivity contribution in [3.05, 3.63) is 70.4 Å². The number of amides is 1. The average molecular weight is 394 g/mol. The number of fused-ring (bicyclic) bond motifs is 1. The maximum Gasteiger partial charge on any atom is 0.274 e. The Morgan fingerprint density at radius 1 is 1.07 bits per heavy atom. The smallest absolute Gasteiger partial charge is 0.274 e. The Morgan fingerprint density at radius 3 is 2.48 bits per heavy atom. The SMILES string of the molecule is O=C(NCCN1CCOCC1)c1c(-c2ccccc2)c2ccccc2n1[N+](=O)[O-]. The van der Waals surface area contributed by atoms with Crippen LogP contribution in [0.2, 0.25) is 0 Å². The fraction of sp³-hybridized carbons (Fsp3) is 0.286. The molecule has 1 aliphatic rings. The standard InChI is InChI=1S/C21H22N4O4/c26-21(22-10-11-23-12-14-29-15-13-23)20-19(16-6-2-1-3-7-16)17-8-4-5-9-18(17)24(20)25(27)28/h1-9H,10-15H2,(H,22,26). The second-order valence-electron chi connectivity index (χ2n) is 6.87. The summed E-state index contributed by atoms with van der Waals surface area (Å²) in [5.41, 5.74) is 1.78. The summed E-state index contributed by atoms with van der Waals surface area (Å²) in [6.07, 6.45) is 0. The second-order valence-corrected chi connectivity index (χ2v) is 6.87. The number of nitrogens with zero attached hydrogens (tertiary/aromatic N) is 3. The molecule has 0 aliphatic carbocycles. The van der Waals surface area contributed by atoms with Crippen molar-refractivity contribution in [1.29, 1.82) is 0 Å². The number of benzene rings is 2. The molecule has 150 valence electrons. The lowest BCUT2D eigenvalue weighted by Crippen LogP contribution is -2.41. The Labute approximate surface area is 167 Å². The molecule has 29 heavy (non-hydrogen) atoms. The summed E-state index contributed by atoms with van der Waals surface area (Å²) in [7, 11) is 0. The molecule has 2 aromatic carbocycles. The van der Waals surface area contributed by atoms with E-state index in [0.29, 0.717) is 42.8 Å². The number of nitro groups is 1. The van der Waals surface area contributed by atoms with Crippen LogP contribution in [0.15, 0.2) is 54.6 Å². The van der Waals surface area contributed by atoms with Gasteiger partial charge >= 0.3 is 0 Å². The van der Waals surface area contributed by atoms with Crippen molar-refractivity contribution in [2.75, 3.05) is 39.4 Å². The lowest BCUT2D eigenvalue weighted by atomic mass is 10.0. The van der Waals surface area contributed by atoms with E-state index in [0.717, 1.165) is 23.3 Å². The van der Waals surface area contributed by atoms with Gasteiger partial charge < -0.3 is 10.1 Å². The molecule has 8 nitrogen and oxygen atoms in total. The minimum absolute atomic E-state index is 0.0457. The summed E-state index contributed by atoms with van der Waals surface area (Å²) in [4.78, 5) is 27.2. The summed E-state index contributed by atoms with van der Waals surface area (Å²) >= 11 is 0. The zero-order valence-corrected chi connectivity index (χ0v) is 15.9. The Balaban J connectivity index is 1.70. The third-order valence-electron chi connectivity index (χ3n) is 5.11. The first-order valence-electron chi connectivity index (χ1n) is 9.58. The predicted octanol–water partition coefficient (Wildman–Crippen LogP) is 2.41. The summed E-state index contributed by atoms with van der Waals surface area (Å²) in [6.45, 7) is 4.09. The van der Waals surface area contributed by atoms with Crippen LogP contribution >= 0.6 is 0 Å². The second kappa shape index (κ2) is 8.42. The molecular formula is C21H22N4O4. The van der Waals surface area contributed by atoms with Crippen LogP contribution in [-0.4, -0.2) is 59.9 Å². The van der Waals surface area contributed by atoms with E-state index in [1.54, 1.807) is 12.1 Å². The van der Waals surface area contributed by atoms with Gasteiger partial charge in [-0.05, 0) is 11.6 Å². The van der Waals surface area contributed by atoms with Gasteiger partial charge in [0.25, 0.3) is 5.91 Å². The number of ether oxygens (including phenoxy) is 1. The Kier molecular flexibility index (Phi) is 5.55. The van der Waals surface area contributed by atoms with Crippen LogP contribution < -0.4 is 5.32 Å². The first kappa shape index (κ1) is 19.1. The highest BCUT2D eigenvalue weighted by molar-refractivity contribution is 6.10. The third kappa shape index (κ3) is 3.85. The lowest BCUT2D eigenvalue weighted by Gasteiger charge is -2.26. The zero-order chi connectivity index (χ0) is 20.2. The molecule has 3 aromatic rings. The summed E-state index contributed by atoms with van der Waals surface area (Å²) in [6, 6.07) is 16.3. The van der Waals surface area contributed by atoms with E-state index in [1.165, 1.54) is 0 Å². The van der Waals surface area contributed by atoms with Crippen molar-refractivity contribution in [2.45, 2.75) is 0 Å². The van der Waals surface area contributed by atoms with Crippen molar-refractivity contribution in [3.63, 3.8) is 0 Å². The molecule has 1 saturated heterocycles. The van der Waals surface area contributed by atoms with Crippen molar-refractivity contribution in [2.24, 2.45) is 0 Å². The molecule has 2 heterocycles. The highest BCUT2D eigenvalue weighted by atomic mass is 16.7. The maximum absolute atomic E-state index is 13.1. The minimum Gasteiger partial charge on any atom is -0.379 e. The van der Waals surface area contributed by atoms with Crippen molar-refractivity contribution >= 4 is 16.8 Å². The van der Waals surface area contributed by atoms with E-state index in [1.807, 2.05) is 42.5 Å². The van der Waals surface area contributed by atoms with Gasteiger partial charge in [0.15, 0.2) is 10.7 Å². The molecule has 1 N–H and O–H groups in total. The molecule has 1 aromatic heterocycles. The number of aromatic nitrogens is 1. The van der Waals surface area contributed by atoms with Gasteiger partial charge in [0.2, 0.25) is 0 Å². The molecule has 0 saturated carbocycles. The van der Waals surface area contributed by atoms with E-state index in [-0.39, 0.29) is 5.69 Å². The number of hydrogen-bond acceptors (Lipinski definition) is 5. The summed E-state index contributed by atoms with van der Waals surface area (Å²) in [5.74, 6) is -0.454. The normalized spacial score (nSPS) is 14.8. The minimum atomic E-state index is -0.536. The van der Waals surface area contributed by atoms with Crippen molar-refractivity contribution in [3.8, 4) is 11.1 Å². The van der Waals surface area contributed by atoms with Crippen LogP contribution in [0.5, 0.6) is 0 Å². The van der Waals surface area contributed by atoms with Gasteiger partial charge in [-0.3, -0.25) is 9.69 Å². The highest BCUT2D eigenvalue weighted by Gasteiger charge is 2.29. The Morgan fingerprint density at radius 2 is 1.76 bits per heavy atom. The molecular weight excluding hydrogens is 372 g/mol. The van der Waals surface area contributed by atoms with Crippen LogP contribution in [0, 0.1) is 10.1 Å². The molecule has 1 aliphatic heterocycles. The Bertz CT molecular complexity index is 1030. The number of nitrogens with one attached hydrogen (secondary N) is 1. The van der Waals surface area contributed by atoms with Gasteiger partial charge in [0.05, 0.1) is 13.2 Å². The predicted molar refractivity (Wildman–Crippen MR) is 109 cm³/mol. The molecule has 8 heteroatoms. The number of carbonyl (C=O) groups is 1. The van der Waals surface area contributed by atoms with Crippen molar-refractivity contribution < 1.29 is 14.6 Å². The molecule has 1 amide bonds. The summed E-state index contributed by atoms with van der Waals surface area (Å²) < 4.78 is 6.22. The molecule has 0 spiro atoms. The molecule has 4 rings (SSSR count). The fourth-order valence-corrected chi connectivity index (χ4v) is 3.74. The summed E-state index contributed by atoms with van der Waals surface area (Å²) in [5, 5.41) is 14.9. The van der Waals surface area contributed by atoms with Crippen LogP contribution in [-0.2, 0) is 4.74 Å². The topological polar surface area (TPSA) is 89.6 Å². The Hall–Kier alpha value is -3.23. The van der Waals surface area contributed by atoms with Crippen LogP contribution in [0.4, 0.5) is 0 Å². The number of carbonyl (C=O) groups excluding carboxylic acids is 1. The van der Waals surface area contributed by atoms with Gasteiger partial charge in [-0.15, -0.1) is 0 Å². The van der Waals surface area contributed by atoms with E-state index < -0.39 is 10.9 Å². The zero-order valence-electron chi connectivity index (χ0n) is 15.9.